The van der Waals surface area contributed by atoms with Crippen molar-refractivity contribution in [1.82, 2.24) is 14.9 Å². The Bertz CT molecular complexity index is 325. The summed E-state index contributed by atoms with van der Waals surface area (Å²) in [6, 6.07) is 0. The molecule has 0 saturated heterocycles. The van der Waals surface area contributed by atoms with Gasteiger partial charge < -0.3 is 10.4 Å². The van der Waals surface area contributed by atoms with Gasteiger partial charge in [0.1, 0.15) is 4.88 Å². The minimum absolute atomic E-state index is 0.0816. The van der Waals surface area contributed by atoms with Gasteiger partial charge in [-0.2, -0.15) is 0 Å². The smallest absolute Gasteiger partial charge is 0.264 e. The molecule has 5 nitrogen and oxygen atoms in total. The standard InChI is InChI=1S/C9H15N3O2S/c1-6(2)7-8(15-12-11-7)9(14)10-4-3-5-13/h6,13H,3-5H2,1-2H3,(H,10,14). The van der Waals surface area contributed by atoms with Gasteiger partial charge in [0.2, 0.25) is 0 Å². The predicted octanol–water partition coefficient (Wildman–Crippen LogP) is 0.774. The van der Waals surface area contributed by atoms with Gasteiger partial charge in [-0.15, -0.1) is 5.10 Å². The van der Waals surface area contributed by atoms with E-state index in [9.17, 15) is 4.79 Å². The number of amides is 1. The highest BCUT2D eigenvalue weighted by molar-refractivity contribution is 7.08. The van der Waals surface area contributed by atoms with Crippen LogP contribution < -0.4 is 5.32 Å². The molecule has 2 N–H and O–H groups in total. The molecular formula is C9H15N3O2S. The minimum Gasteiger partial charge on any atom is -0.396 e. The number of aromatic nitrogens is 2. The van der Waals surface area contributed by atoms with Crippen molar-refractivity contribution in [2.24, 2.45) is 0 Å². The average molecular weight is 229 g/mol. The number of carbonyl (C=O) groups is 1. The van der Waals surface area contributed by atoms with Gasteiger partial charge in [0, 0.05) is 13.2 Å². The zero-order chi connectivity index (χ0) is 11.3. The molecule has 0 atom stereocenters. The van der Waals surface area contributed by atoms with Crippen molar-refractivity contribution in [3.05, 3.63) is 10.6 Å². The van der Waals surface area contributed by atoms with E-state index < -0.39 is 0 Å². The SMILES string of the molecule is CC(C)c1nnsc1C(=O)NCCCO. The van der Waals surface area contributed by atoms with Crippen molar-refractivity contribution in [2.45, 2.75) is 26.2 Å². The third kappa shape index (κ3) is 3.24. The lowest BCUT2D eigenvalue weighted by molar-refractivity contribution is 0.0953. The first-order chi connectivity index (χ1) is 7.16. The van der Waals surface area contributed by atoms with Crippen LogP contribution in [-0.2, 0) is 0 Å². The van der Waals surface area contributed by atoms with Gasteiger partial charge >= 0.3 is 0 Å². The zero-order valence-corrected chi connectivity index (χ0v) is 9.67. The molecule has 15 heavy (non-hydrogen) atoms. The van der Waals surface area contributed by atoms with Gasteiger partial charge in [-0.3, -0.25) is 4.79 Å². The number of aliphatic hydroxyl groups excluding tert-OH is 1. The molecule has 0 aliphatic carbocycles. The number of hydrogen-bond acceptors (Lipinski definition) is 5. The first kappa shape index (κ1) is 12.1. The predicted molar refractivity (Wildman–Crippen MR) is 58.0 cm³/mol. The maximum atomic E-state index is 11.6. The first-order valence-corrected chi connectivity index (χ1v) is 5.65. The zero-order valence-electron chi connectivity index (χ0n) is 8.86. The second-order valence-corrected chi connectivity index (χ2v) is 4.23. The number of nitrogens with one attached hydrogen (secondary N) is 1. The van der Waals surface area contributed by atoms with Crippen molar-refractivity contribution >= 4 is 17.4 Å². The van der Waals surface area contributed by atoms with E-state index in [1.165, 1.54) is 0 Å². The van der Waals surface area contributed by atoms with Crippen LogP contribution in [0.2, 0.25) is 0 Å². The summed E-state index contributed by atoms with van der Waals surface area (Å²) in [5, 5.41) is 15.2. The van der Waals surface area contributed by atoms with E-state index >= 15 is 0 Å². The maximum Gasteiger partial charge on any atom is 0.264 e. The fourth-order valence-corrected chi connectivity index (χ4v) is 1.83. The average Bonchev–Trinajstić information content (AvgIpc) is 2.66. The molecule has 1 heterocycles. The summed E-state index contributed by atoms with van der Waals surface area (Å²) in [6.07, 6.45) is 0.564. The largest absolute Gasteiger partial charge is 0.396 e. The van der Waals surface area contributed by atoms with Crippen LogP contribution in [0.3, 0.4) is 0 Å². The molecule has 0 aliphatic rings. The minimum atomic E-state index is -0.151. The Morgan fingerprint density at radius 1 is 1.60 bits per heavy atom. The fraction of sp³-hybridized carbons (Fsp3) is 0.667. The van der Waals surface area contributed by atoms with E-state index in [2.05, 4.69) is 14.9 Å². The number of carbonyl (C=O) groups excluding carboxylic acids is 1. The topological polar surface area (TPSA) is 75.1 Å². The molecule has 0 spiro atoms. The monoisotopic (exact) mass is 229 g/mol. The Morgan fingerprint density at radius 2 is 2.33 bits per heavy atom. The van der Waals surface area contributed by atoms with Crippen LogP contribution in [0.1, 0.15) is 41.6 Å². The molecule has 6 heteroatoms. The Morgan fingerprint density at radius 3 is 2.93 bits per heavy atom. The number of hydrogen-bond donors (Lipinski definition) is 2. The van der Waals surface area contributed by atoms with Gasteiger partial charge in [0.25, 0.3) is 5.91 Å². The molecule has 0 aromatic carbocycles. The highest BCUT2D eigenvalue weighted by atomic mass is 32.1. The van der Waals surface area contributed by atoms with Crippen molar-refractivity contribution < 1.29 is 9.90 Å². The molecule has 0 bridgehead atoms. The Balaban J connectivity index is 2.61. The quantitative estimate of drug-likeness (QED) is 0.731. The van der Waals surface area contributed by atoms with Crippen LogP contribution in [0.5, 0.6) is 0 Å². The van der Waals surface area contributed by atoms with Crippen molar-refractivity contribution in [3.63, 3.8) is 0 Å². The Kier molecular flexibility index (Phi) is 4.64. The fourth-order valence-electron chi connectivity index (χ4n) is 1.09. The molecule has 84 valence electrons. The third-order valence-corrected chi connectivity index (χ3v) is 2.63. The van der Waals surface area contributed by atoms with E-state index in [0.717, 1.165) is 17.2 Å². The molecule has 1 rings (SSSR count). The summed E-state index contributed by atoms with van der Waals surface area (Å²) in [5.74, 6) is 0.0458. The Labute approximate surface area is 92.7 Å². The van der Waals surface area contributed by atoms with Gasteiger partial charge in [0.15, 0.2) is 0 Å². The van der Waals surface area contributed by atoms with Crippen molar-refractivity contribution in [2.75, 3.05) is 13.2 Å². The number of aliphatic hydroxyl groups is 1. The number of rotatable bonds is 5. The first-order valence-electron chi connectivity index (χ1n) is 4.88. The lowest BCUT2D eigenvalue weighted by Gasteiger charge is -2.04. The molecular weight excluding hydrogens is 214 g/mol. The van der Waals surface area contributed by atoms with Gasteiger partial charge in [0.05, 0.1) is 5.69 Å². The van der Waals surface area contributed by atoms with Crippen LogP contribution in [0, 0.1) is 0 Å². The highest BCUT2D eigenvalue weighted by Crippen LogP contribution is 2.19. The number of nitrogens with zero attached hydrogens (tertiary/aromatic N) is 2. The molecule has 0 fully saturated rings. The molecule has 0 radical (unpaired) electrons. The highest BCUT2D eigenvalue weighted by Gasteiger charge is 2.17. The summed E-state index contributed by atoms with van der Waals surface area (Å²) in [4.78, 5) is 12.2. The normalized spacial score (nSPS) is 10.7. The third-order valence-electron chi connectivity index (χ3n) is 1.89. The summed E-state index contributed by atoms with van der Waals surface area (Å²) in [7, 11) is 0. The van der Waals surface area contributed by atoms with Crippen molar-refractivity contribution in [1.29, 1.82) is 0 Å². The van der Waals surface area contributed by atoms with Crippen LogP contribution in [0.4, 0.5) is 0 Å². The van der Waals surface area contributed by atoms with Gasteiger partial charge in [-0.25, -0.2) is 0 Å². The summed E-state index contributed by atoms with van der Waals surface area (Å²) in [5.41, 5.74) is 0.737. The lowest BCUT2D eigenvalue weighted by Crippen LogP contribution is -2.25. The van der Waals surface area contributed by atoms with E-state index in [4.69, 9.17) is 5.11 Å². The van der Waals surface area contributed by atoms with Gasteiger partial charge in [-0.1, -0.05) is 18.3 Å². The van der Waals surface area contributed by atoms with E-state index in [1.54, 1.807) is 0 Å². The molecule has 1 aromatic rings. The molecule has 1 aromatic heterocycles. The van der Waals surface area contributed by atoms with Crippen LogP contribution in [-0.4, -0.2) is 33.8 Å². The summed E-state index contributed by atoms with van der Waals surface area (Å²) < 4.78 is 3.77. The molecule has 0 saturated carbocycles. The molecule has 0 aliphatic heterocycles. The molecule has 1 amide bonds. The van der Waals surface area contributed by atoms with Crippen LogP contribution in [0.15, 0.2) is 0 Å². The van der Waals surface area contributed by atoms with Crippen LogP contribution in [0.25, 0.3) is 0 Å². The van der Waals surface area contributed by atoms with Gasteiger partial charge in [-0.05, 0) is 23.9 Å². The maximum absolute atomic E-state index is 11.6. The lowest BCUT2D eigenvalue weighted by atomic mass is 10.1. The second-order valence-electron chi connectivity index (χ2n) is 3.48. The summed E-state index contributed by atoms with van der Waals surface area (Å²) in [6.45, 7) is 4.51. The van der Waals surface area contributed by atoms with E-state index in [-0.39, 0.29) is 18.4 Å². The second kappa shape index (κ2) is 5.77. The van der Waals surface area contributed by atoms with E-state index in [1.807, 2.05) is 13.8 Å². The van der Waals surface area contributed by atoms with E-state index in [0.29, 0.717) is 17.8 Å². The van der Waals surface area contributed by atoms with Crippen LogP contribution >= 0.6 is 11.5 Å². The summed E-state index contributed by atoms with van der Waals surface area (Å²) >= 11 is 1.11. The Hall–Kier alpha value is -1.01. The molecule has 0 unspecified atom stereocenters. The van der Waals surface area contributed by atoms with Crippen molar-refractivity contribution in [3.8, 4) is 0 Å².